The van der Waals surface area contributed by atoms with Gasteiger partial charge >= 0.3 is 6.03 Å². The summed E-state index contributed by atoms with van der Waals surface area (Å²) in [6, 6.07) is -0.537. The Morgan fingerprint density at radius 2 is 2.23 bits per heavy atom. The van der Waals surface area contributed by atoms with Crippen molar-refractivity contribution in [3.05, 3.63) is 10.6 Å². The molecular weight excluding hydrogens is 186 g/mol. The predicted octanol–water partition coefficient (Wildman–Crippen LogP) is 2.07. The van der Waals surface area contributed by atoms with Crippen molar-refractivity contribution in [3.63, 3.8) is 0 Å². The van der Waals surface area contributed by atoms with Gasteiger partial charge in [-0.25, -0.2) is 4.79 Å². The van der Waals surface area contributed by atoms with Crippen molar-refractivity contribution in [1.29, 1.82) is 0 Å². The summed E-state index contributed by atoms with van der Waals surface area (Å²) in [7, 11) is 0. The standard InChI is InChI=1S/C8H13N3OS/c1-4(2)7-6(10-8(9)12)5(3)11-13-7/h4H,1-3H3,(H3,9,10,12). The number of rotatable bonds is 2. The third-order valence-corrected chi connectivity index (χ3v) is 2.90. The molecule has 0 aromatic carbocycles. The highest BCUT2D eigenvalue weighted by Gasteiger charge is 2.14. The minimum absolute atomic E-state index is 0.355. The SMILES string of the molecule is Cc1nsc(C(C)C)c1NC(N)=O. The predicted molar refractivity (Wildman–Crippen MR) is 54.1 cm³/mol. The number of carbonyl (C=O) groups excluding carboxylic acids is 1. The zero-order valence-corrected chi connectivity index (χ0v) is 8.73. The average molecular weight is 199 g/mol. The van der Waals surface area contributed by atoms with Gasteiger partial charge in [-0.3, -0.25) is 0 Å². The quantitative estimate of drug-likeness (QED) is 0.765. The highest BCUT2D eigenvalue weighted by atomic mass is 32.1. The number of nitrogens with zero attached hydrogens (tertiary/aromatic N) is 1. The topological polar surface area (TPSA) is 68.0 Å². The van der Waals surface area contributed by atoms with E-state index >= 15 is 0 Å². The van der Waals surface area contributed by atoms with Gasteiger partial charge in [-0.05, 0) is 24.4 Å². The Hall–Kier alpha value is -1.10. The maximum atomic E-state index is 10.7. The Morgan fingerprint density at radius 1 is 1.62 bits per heavy atom. The molecule has 0 saturated heterocycles. The van der Waals surface area contributed by atoms with E-state index in [1.165, 1.54) is 11.5 Å². The third kappa shape index (κ3) is 2.18. The first-order chi connectivity index (χ1) is 6.02. The molecule has 0 atom stereocenters. The first-order valence-corrected chi connectivity index (χ1v) is 4.82. The molecule has 0 fully saturated rings. The summed E-state index contributed by atoms with van der Waals surface area (Å²) < 4.78 is 4.16. The molecule has 1 aromatic heterocycles. The van der Waals surface area contributed by atoms with Crippen LogP contribution in [0.4, 0.5) is 10.5 Å². The summed E-state index contributed by atoms with van der Waals surface area (Å²) in [6.45, 7) is 5.96. The van der Waals surface area contributed by atoms with E-state index in [1.54, 1.807) is 0 Å². The molecule has 13 heavy (non-hydrogen) atoms. The largest absolute Gasteiger partial charge is 0.351 e. The Kier molecular flexibility index (Phi) is 2.87. The van der Waals surface area contributed by atoms with E-state index in [1.807, 2.05) is 6.92 Å². The number of aromatic nitrogens is 1. The van der Waals surface area contributed by atoms with Crippen LogP contribution < -0.4 is 11.1 Å². The van der Waals surface area contributed by atoms with E-state index in [0.717, 1.165) is 16.3 Å². The summed E-state index contributed by atoms with van der Waals surface area (Å²) in [5.74, 6) is 0.355. The molecule has 4 nitrogen and oxygen atoms in total. The minimum Gasteiger partial charge on any atom is -0.351 e. The summed E-state index contributed by atoms with van der Waals surface area (Å²) >= 11 is 1.41. The smallest absolute Gasteiger partial charge is 0.316 e. The molecule has 0 bridgehead atoms. The lowest BCUT2D eigenvalue weighted by Crippen LogP contribution is -2.20. The molecule has 1 heterocycles. The van der Waals surface area contributed by atoms with Gasteiger partial charge in [-0.2, -0.15) is 4.37 Å². The molecule has 2 amide bonds. The number of anilines is 1. The summed E-state index contributed by atoms with van der Waals surface area (Å²) in [6.07, 6.45) is 0. The van der Waals surface area contributed by atoms with E-state index in [4.69, 9.17) is 5.73 Å². The summed E-state index contributed by atoms with van der Waals surface area (Å²) in [5.41, 5.74) is 6.65. The van der Waals surface area contributed by atoms with Gasteiger partial charge < -0.3 is 11.1 Å². The molecule has 0 radical (unpaired) electrons. The fraction of sp³-hybridized carbons (Fsp3) is 0.500. The fourth-order valence-corrected chi connectivity index (χ4v) is 1.88. The van der Waals surface area contributed by atoms with Gasteiger partial charge in [0.25, 0.3) is 0 Å². The molecule has 1 rings (SSSR count). The van der Waals surface area contributed by atoms with Crippen LogP contribution in [0.3, 0.4) is 0 Å². The number of primary amides is 1. The second kappa shape index (κ2) is 3.74. The molecule has 72 valence electrons. The average Bonchev–Trinajstić information content (AvgIpc) is 2.32. The van der Waals surface area contributed by atoms with Crippen LogP contribution in [-0.4, -0.2) is 10.4 Å². The zero-order chi connectivity index (χ0) is 10.0. The Labute approximate surface area is 81.3 Å². The number of aryl methyl sites for hydroxylation is 1. The maximum absolute atomic E-state index is 10.7. The number of hydrogen-bond donors (Lipinski definition) is 2. The Morgan fingerprint density at radius 3 is 2.69 bits per heavy atom. The Bertz CT molecular complexity index is 319. The molecule has 0 unspecified atom stereocenters. The lowest BCUT2D eigenvalue weighted by molar-refractivity contribution is 0.259. The van der Waals surface area contributed by atoms with E-state index in [-0.39, 0.29) is 0 Å². The van der Waals surface area contributed by atoms with Gasteiger partial charge in [0.2, 0.25) is 0 Å². The number of hydrogen-bond acceptors (Lipinski definition) is 3. The molecule has 0 saturated carbocycles. The van der Waals surface area contributed by atoms with Crippen LogP contribution in [0.1, 0.15) is 30.3 Å². The van der Waals surface area contributed by atoms with Crippen LogP contribution in [0.2, 0.25) is 0 Å². The summed E-state index contributed by atoms with van der Waals surface area (Å²) in [4.78, 5) is 11.7. The number of nitrogens with two attached hydrogens (primary N) is 1. The lowest BCUT2D eigenvalue weighted by atomic mass is 10.1. The van der Waals surface area contributed by atoms with Crippen LogP contribution in [0.15, 0.2) is 0 Å². The van der Waals surface area contributed by atoms with Crippen molar-refractivity contribution < 1.29 is 4.79 Å². The van der Waals surface area contributed by atoms with Gasteiger partial charge in [-0.15, -0.1) is 0 Å². The van der Waals surface area contributed by atoms with E-state index in [0.29, 0.717) is 5.92 Å². The van der Waals surface area contributed by atoms with E-state index in [9.17, 15) is 4.79 Å². The molecular formula is C8H13N3OS. The van der Waals surface area contributed by atoms with Gasteiger partial charge in [0.15, 0.2) is 0 Å². The highest BCUT2D eigenvalue weighted by molar-refractivity contribution is 7.06. The molecule has 0 aliphatic rings. The van der Waals surface area contributed by atoms with Gasteiger partial charge in [0.1, 0.15) is 0 Å². The summed E-state index contributed by atoms with van der Waals surface area (Å²) in [5, 5.41) is 2.59. The van der Waals surface area contributed by atoms with Crippen molar-refractivity contribution >= 4 is 23.3 Å². The first kappa shape index (κ1) is 9.98. The fourth-order valence-electron chi connectivity index (χ4n) is 1.06. The normalized spacial score (nSPS) is 10.5. The van der Waals surface area contributed by atoms with Crippen LogP contribution in [0.5, 0.6) is 0 Å². The van der Waals surface area contributed by atoms with Gasteiger partial charge in [-0.1, -0.05) is 13.8 Å². The molecule has 3 N–H and O–H groups in total. The van der Waals surface area contributed by atoms with Crippen LogP contribution in [0, 0.1) is 6.92 Å². The Balaban J connectivity index is 3.01. The number of urea groups is 1. The van der Waals surface area contributed by atoms with E-state index in [2.05, 4.69) is 23.5 Å². The van der Waals surface area contributed by atoms with Gasteiger partial charge in [0.05, 0.1) is 16.3 Å². The second-order valence-electron chi connectivity index (χ2n) is 3.15. The second-order valence-corrected chi connectivity index (χ2v) is 3.96. The molecule has 5 heteroatoms. The minimum atomic E-state index is -0.537. The van der Waals surface area contributed by atoms with Crippen LogP contribution in [0.25, 0.3) is 0 Å². The van der Waals surface area contributed by atoms with Crippen LogP contribution >= 0.6 is 11.5 Å². The molecule has 0 aliphatic heterocycles. The highest BCUT2D eigenvalue weighted by Crippen LogP contribution is 2.30. The number of carbonyl (C=O) groups is 1. The first-order valence-electron chi connectivity index (χ1n) is 4.05. The van der Waals surface area contributed by atoms with Crippen molar-refractivity contribution in [1.82, 2.24) is 4.37 Å². The van der Waals surface area contributed by atoms with Gasteiger partial charge in [0, 0.05) is 0 Å². The van der Waals surface area contributed by atoms with Crippen molar-refractivity contribution in [2.24, 2.45) is 5.73 Å². The number of nitrogens with one attached hydrogen (secondary N) is 1. The molecule has 0 spiro atoms. The van der Waals surface area contributed by atoms with Crippen molar-refractivity contribution in [2.45, 2.75) is 26.7 Å². The number of amides is 2. The van der Waals surface area contributed by atoms with Crippen molar-refractivity contribution in [3.8, 4) is 0 Å². The monoisotopic (exact) mass is 199 g/mol. The molecule has 0 aliphatic carbocycles. The zero-order valence-electron chi connectivity index (χ0n) is 7.92. The lowest BCUT2D eigenvalue weighted by Gasteiger charge is -2.06. The van der Waals surface area contributed by atoms with E-state index < -0.39 is 6.03 Å². The van der Waals surface area contributed by atoms with Crippen molar-refractivity contribution in [2.75, 3.05) is 5.32 Å². The maximum Gasteiger partial charge on any atom is 0.316 e. The molecule has 1 aromatic rings. The third-order valence-electron chi connectivity index (χ3n) is 1.66. The van der Waals surface area contributed by atoms with Crippen LogP contribution in [-0.2, 0) is 0 Å².